The molecule has 2 rings (SSSR count). The molecule has 0 saturated carbocycles. The van der Waals surface area contributed by atoms with E-state index in [1.54, 1.807) is 20.8 Å². The van der Waals surface area contributed by atoms with Crippen LogP contribution in [0.1, 0.15) is 31.9 Å². The van der Waals surface area contributed by atoms with Gasteiger partial charge in [0.15, 0.2) is 0 Å². The number of aryl methyl sites for hydroxylation is 1. The van der Waals surface area contributed by atoms with Crippen molar-refractivity contribution in [3.05, 3.63) is 69.7 Å². The Kier molecular flexibility index (Phi) is 25.0. The lowest BCUT2D eigenvalue weighted by molar-refractivity contribution is -0.382. The van der Waals surface area contributed by atoms with E-state index in [1.165, 1.54) is 11.1 Å². The molecule has 3 unspecified atom stereocenters. The molecule has 2 aromatic rings. The lowest BCUT2D eigenvalue weighted by atomic mass is 10.1. The molecule has 6 nitrogen and oxygen atoms in total. The van der Waals surface area contributed by atoms with E-state index in [2.05, 4.69) is 27.0 Å². The molecule has 0 amide bonds. The first kappa shape index (κ1) is 35.4. The van der Waals surface area contributed by atoms with Gasteiger partial charge in [-0.05, 0) is 75.5 Å². The molecule has 0 heterocycles. The van der Waals surface area contributed by atoms with E-state index in [-0.39, 0.29) is 18.3 Å². The Morgan fingerprint density at radius 2 is 1.21 bits per heavy atom. The maximum atomic E-state index is 9.01. The average molecular weight is 584 g/mol. The van der Waals surface area contributed by atoms with Crippen molar-refractivity contribution in [1.82, 2.24) is 5.32 Å². The standard InChI is InChI=1S/C11H16ClNO.C8H8BrCl.2C3H9NO/c1-9(14)8-13-7-6-10-2-4-11(12)5-3-10;9-6-5-7-1-3-8(10)4-2-7;2*1-3(5)2-4/h2-5,9,13-14H,6-8H2,1H3;1-4H,5-6H2;2*3,5H,2,4H2,1H3/p+1. The van der Waals surface area contributed by atoms with E-state index >= 15 is 0 Å². The van der Waals surface area contributed by atoms with Crippen molar-refractivity contribution >= 4 is 39.1 Å². The zero-order chi connectivity index (χ0) is 26.4. The van der Waals surface area contributed by atoms with Crippen molar-refractivity contribution < 1.29 is 21.1 Å². The van der Waals surface area contributed by atoms with E-state index in [9.17, 15) is 0 Å². The van der Waals surface area contributed by atoms with Crippen molar-refractivity contribution in [2.75, 3.05) is 31.5 Å². The minimum absolute atomic E-state index is 0.227. The van der Waals surface area contributed by atoms with E-state index in [4.69, 9.17) is 44.3 Å². The minimum atomic E-state index is -0.338. The number of aliphatic hydroxyl groups excluding tert-OH is 3. The molecule has 34 heavy (non-hydrogen) atoms. The second kappa shape index (κ2) is 24.0. The first-order valence-corrected chi connectivity index (χ1v) is 13.2. The normalized spacial score (nSPS) is 12.6. The van der Waals surface area contributed by atoms with E-state index in [0.717, 1.165) is 34.8 Å². The summed E-state index contributed by atoms with van der Waals surface area (Å²) in [5.41, 5.74) is 10.9. The summed E-state index contributed by atoms with van der Waals surface area (Å²) in [4.78, 5) is 0. The van der Waals surface area contributed by atoms with Gasteiger partial charge in [0.25, 0.3) is 0 Å². The number of nitrogens with one attached hydrogen (secondary N) is 1. The van der Waals surface area contributed by atoms with Crippen molar-refractivity contribution in [1.29, 1.82) is 0 Å². The maximum absolute atomic E-state index is 9.01. The topological polar surface area (TPSA) is 126 Å². The van der Waals surface area contributed by atoms with Gasteiger partial charge >= 0.3 is 0 Å². The number of aliphatic hydroxyl groups is 3. The molecule has 2 aromatic carbocycles. The van der Waals surface area contributed by atoms with E-state index in [1.807, 2.05) is 48.5 Å². The molecular formula is C25H43BrCl2N3O3+. The number of nitrogens with two attached hydrogens (primary N) is 1. The molecule has 0 fully saturated rings. The monoisotopic (exact) mass is 582 g/mol. The first-order valence-electron chi connectivity index (χ1n) is 11.3. The van der Waals surface area contributed by atoms with Crippen molar-refractivity contribution in [2.24, 2.45) is 5.73 Å². The van der Waals surface area contributed by atoms with Crippen LogP contribution in [0, 0.1) is 0 Å². The van der Waals surface area contributed by atoms with Crippen LogP contribution >= 0.6 is 39.1 Å². The Morgan fingerprint density at radius 3 is 1.50 bits per heavy atom. The quantitative estimate of drug-likeness (QED) is 0.200. The van der Waals surface area contributed by atoms with Gasteiger partial charge in [0, 0.05) is 28.5 Å². The van der Waals surface area contributed by atoms with Crippen LogP contribution in [-0.2, 0) is 12.8 Å². The highest BCUT2D eigenvalue weighted by Crippen LogP contribution is 2.10. The lowest BCUT2D eigenvalue weighted by Gasteiger charge is -2.06. The highest BCUT2D eigenvalue weighted by atomic mass is 79.9. The number of benzene rings is 2. The van der Waals surface area contributed by atoms with Gasteiger partial charge in [-0.1, -0.05) is 63.4 Å². The fourth-order valence-electron chi connectivity index (χ4n) is 1.95. The minimum Gasteiger partial charge on any atom is -0.392 e. The molecular weight excluding hydrogens is 541 g/mol. The van der Waals surface area contributed by atoms with Gasteiger partial charge in [0.1, 0.15) is 6.54 Å². The Balaban J connectivity index is 0. The van der Waals surface area contributed by atoms with Crippen molar-refractivity contribution in [3.63, 3.8) is 0 Å². The van der Waals surface area contributed by atoms with Crippen LogP contribution in [0.2, 0.25) is 10.0 Å². The summed E-state index contributed by atoms with van der Waals surface area (Å²) >= 11 is 14.8. The summed E-state index contributed by atoms with van der Waals surface area (Å²) in [6.45, 7) is 7.64. The summed E-state index contributed by atoms with van der Waals surface area (Å²) in [6, 6.07) is 15.8. The van der Waals surface area contributed by atoms with Gasteiger partial charge in [-0.3, -0.25) is 0 Å². The number of alkyl halides is 1. The molecule has 9 N–H and O–H groups in total. The molecule has 0 aliphatic rings. The van der Waals surface area contributed by atoms with Gasteiger partial charge in [0.2, 0.25) is 0 Å². The van der Waals surface area contributed by atoms with Crippen LogP contribution in [0.4, 0.5) is 0 Å². The second-order valence-electron chi connectivity index (χ2n) is 7.72. The molecule has 0 radical (unpaired) electrons. The van der Waals surface area contributed by atoms with Crippen LogP contribution < -0.4 is 16.8 Å². The van der Waals surface area contributed by atoms with Gasteiger partial charge < -0.3 is 32.1 Å². The van der Waals surface area contributed by atoms with Gasteiger partial charge in [-0.25, -0.2) is 0 Å². The molecule has 196 valence electrons. The Bertz CT molecular complexity index is 681. The summed E-state index contributed by atoms with van der Waals surface area (Å²) in [5, 5.41) is 31.3. The number of hydrogen-bond acceptors (Lipinski definition) is 5. The zero-order valence-electron chi connectivity index (χ0n) is 20.6. The molecule has 0 bridgehead atoms. The zero-order valence-corrected chi connectivity index (χ0v) is 23.7. The van der Waals surface area contributed by atoms with Crippen LogP contribution in [0.5, 0.6) is 0 Å². The largest absolute Gasteiger partial charge is 0.392 e. The van der Waals surface area contributed by atoms with Crippen LogP contribution in [0.25, 0.3) is 0 Å². The maximum Gasteiger partial charge on any atom is 0.100 e. The Labute approximate surface area is 223 Å². The molecule has 3 atom stereocenters. The second-order valence-corrected chi connectivity index (χ2v) is 9.38. The summed E-state index contributed by atoms with van der Waals surface area (Å²) in [5.74, 6) is 0. The van der Waals surface area contributed by atoms with Crippen LogP contribution in [0.3, 0.4) is 0 Å². The van der Waals surface area contributed by atoms with Crippen LogP contribution in [0.15, 0.2) is 48.5 Å². The Morgan fingerprint density at radius 1 is 0.824 bits per heavy atom. The van der Waals surface area contributed by atoms with Crippen LogP contribution in [-0.4, -0.2) is 65.1 Å². The molecule has 0 aliphatic carbocycles. The van der Waals surface area contributed by atoms with Gasteiger partial charge in [-0.2, -0.15) is 0 Å². The van der Waals surface area contributed by atoms with Crippen molar-refractivity contribution in [2.45, 2.75) is 51.9 Å². The summed E-state index contributed by atoms with van der Waals surface area (Å²) < 4.78 is 0. The lowest BCUT2D eigenvalue weighted by Crippen LogP contribution is -2.54. The first-order chi connectivity index (χ1) is 16.0. The third-order valence-corrected chi connectivity index (χ3v) is 4.90. The van der Waals surface area contributed by atoms with E-state index in [0.29, 0.717) is 19.6 Å². The highest BCUT2D eigenvalue weighted by Gasteiger charge is 1.96. The molecule has 0 aromatic heterocycles. The molecule has 0 saturated heterocycles. The number of quaternary nitrogens is 1. The Hall–Kier alpha value is -0.740. The number of rotatable bonds is 9. The summed E-state index contributed by atoms with van der Waals surface area (Å²) in [6.07, 6.45) is 1.19. The van der Waals surface area contributed by atoms with Gasteiger partial charge in [-0.15, -0.1) is 0 Å². The fraction of sp³-hybridized carbons (Fsp3) is 0.520. The third-order valence-electron chi connectivity index (χ3n) is 4.00. The smallest absolute Gasteiger partial charge is 0.100 e. The SMILES string of the molecule is CC(O)CN.CC(O)CNCCc1ccc(Cl)cc1.CC(O)C[NH3+].Clc1ccc(CCBr)cc1. The highest BCUT2D eigenvalue weighted by molar-refractivity contribution is 9.09. The fourth-order valence-corrected chi connectivity index (χ4v) is 2.66. The molecule has 0 spiro atoms. The van der Waals surface area contributed by atoms with Gasteiger partial charge in [0.05, 0.1) is 18.3 Å². The number of hydrogen-bond donors (Lipinski definition) is 6. The predicted molar refractivity (Wildman–Crippen MR) is 149 cm³/mol. The molecule has 9 heteroatoms. The predicted octanol–water partition coefficient (Wildman–Crippen LogP) is 3.07. The summed E-state index contributed by atoms with van der Waals surface area (Å²) in [7, 11) is 0. The van der Waals surface area contributed by atoms with E-state index < -0.39 is 0 Å². The van der Waals surface area contributed by atoms with Crippen molar-refractivity contribution in [3.8, 4) is 0 Å². The average Bonchev–Trinajstić information content (AvgIpc) is 2.80. The number of halogens is 3. The third kappa shape index (κ3) is 25.9. The molecule has 0 aliphatic heterocycles.